The summed E-state index contributed by atoms with van der Waals surface area (Å²) < 4.78 is 5.34. The SMILES string of the molecule is CCC(=O)c1cc(/C=C/c2cnc(Nc3ccc(N4C[C@@H](C)N[C@@H](C)C4)cc3)nc2)c(Cl)c(OC)c1. The number of methoxy groups -OCH3 is 1. The molecule has 0 radical (unpaired) electrons. The van der Waals surface area contributed by atoms with Gasteiger partial charge >= 0.3 is 0 Å². The van der Waals surface area contributed by atoms with Gasteiger partial charge in [-0.25, -0.2) is 9.97 Å². The largest absolute Gasteiger partial charge is 0.495 e. The Morgan fingerprint density at radius 2 is 1.81 bits per heavy atom. The number of carbonyl (C=O) groups excluding carboxylic acids is 1. The zero-order valence-corrected chi connectivity index (χ0v) is 21.8. The first-order valence-corrected chi connectivity index (χ1v) is 12.5. The van der Waals surface area contributed by atoms with Crippen LogP contribution in [0.5, 0.6) is 5.75 Å². The second-order valence-electron chi connectivity index (χ2n) is 9.08. The van der Waals surface area contributed by atoms with Gasteiger partial charge in [-0.3, -0.25) is 4.79 Å². The molecule has 2 heterocycles. The molecule has 2 atom stereocenters. The monoisotopic (exact) mass is 505 g/mol. The second kappa shape index (κ2) is 11.5. The van der Waals surface area contributed by atoms with Crippen LogP contribution in [-0.4, -0.2) is 48.0 Å². The molecule has 2 N–H and O–H groups in total. The smallest absolute Gasteiger partial charge is 0.227 e. The molecule has 1 aromatic heterocycles. The molecule has 0 unspecified atom stereocenters. The van der Waals surface area contributed by atoms with Crippen LogP contribution < -0.4 is 20.3 Å². The van der Waals surface area contributed by atoms with Gasteiger partial charge in [-0.2, -0.15) is 0 Å². The van der Waals surface area contributed by atoms with Gasteiger partial charge in [0.15, 0.2) is 5.78 Å². The van der Waals surface area contributed by atoms with Crippen LogP contribution in [0.15, 0.2) is 48.8 Å². The topological polar surface area (TPSA) is 79.4 Å². The number of ether oxygens (including phenoxy) is 1. The van der Waals surface area contributed by atoms with E-state index >= 15 is 0 Å². The third kappa shape index (κ3) is 6.22. The molecular weight excluding hydrogens is 474 g/mol. The van der Waals surface area contributed by atoms with Gasteiger partial charge in [0, 0.05) is 66.5 Å². The number of aromatic nitrogens is 2. The second-order valence-corrected chi connectivity index (χ2v) is 9.46. The maximum Gasteiger partial charge on any atom is 0.227 e. The van der Waals surface area contributed by atoms with Gasteiger partial charge in [-0.1, -0.05) is 30.7 Å². The fraction of sp³-hybridized carbons (Fsp3) is 0.321. The van der Waals surface area contributed by atoms with Gasteiger partial charge in [0.2, 0.25) is 5.95 Å². The Labute approximate surface area is 217 Å². The van der Waals surface area contributed by atoms with Crippen molar-refractivity contribution in [2.24, 2.45) is 0 Å². The van der Waals surface area contributed by atoms with Crippen LogP contribution in [0.1, 0.15) is 48.7 Å². The van der Waals surface area contributed by atoms with Crippen molar-refractivity contribution < 1.29 is 9.53 Å². The van der Waals surface area contributed by atoms with Gasteiger partial charge in [0.25, 0.3) is 0 Å². The standard InChI is InChI=1S/C28H32ClN5O2/c1-5-25(35)22-12-21(27(29)26(13-22)36-4)7-6-20-14-30-28(31-15-20)33-23-8-10-24(11-9-23)34-16-18(2)32-19(3)17-34/h6-15,18-19,32H,5,16-17H2,1-4H3,(H,30,31,33)/b7-6+/t18-,19+. The van der Waals surface area contributed by atoms with Crippen LogP contribution in [0, 0.1) is 0 Å². The summed E-state index contributed by atoms with van der Waals surface area (Å²) in [4.78, 5) is 23.4. The number of hydrogen-bond donors (Lipinski definition) is 2. The minimum Gasteiger partial charge on any atom is -0.495 e. The molecule has 4 rings (SSSR count). The highest BCUT2D eigenvalue weighted by atomic mass is 35.5. The van der Waals surface area contributed by atoms with Crippen molar-refractivity contribution in [1.29, 1.82) is 0 Å². The van der Waals surface area contributed by atoms with Crippen LogP contribution in [-0.2, 0) is 0 Å². The fourth-order valence-corrected chi connectivity index (χ4v) is 4.60. The van der Waals surface area contributed by atoms with Crippen LogP contribution in [0.25, 0.3) is 12.2 Å². The molecule has 8 heteroatoms. The average molecular weight is 506 g/mol. The van der Waals surface area contributed by atoms with Gasteiger partial charge < -0.3 is 20.3 Å². The zero-order chi connectivity index (χ0) is 25.7. The lowest BCUT2D eigenvalue weighted by Gasteiger charge is -2.37. The molecule has 1 fully saturated rings. The number of benzene rings is 2. The Balaban J connectivity index is 1.42. The molecule has 0 saturated carbocycles. The lowest BCUT2D eigenvalue weighted by Crippen LogP contribution is -2.54. The maximum absolute atomic E-state index is 12.2. The lowest BCUT2D eigenvalue weighted by molar-refractivity contribution is 0.0988. The van der Waals surface area contributed by atoms with Crippen molar-refractivity contribution in [1.82, 2.24) is 15.3 Å². The minimum atomic E-state index is 0.0310. The summed E-state index contributed by atoms with van der Waals surface area (Å²) in [5, 5.41) is 7.27. The number of halogens is 1. The van der Waals surface area contributed by atoms with Crippen LogP contribution in [0.2, 0.25) is 5.02 Å². The van der Waals surface area contributed by atoms with E-state index in [4.69, 9.17) is 16.3 Å². The van der Waals surface area contributed by atoms with Crippen molar-refractivity contribution in [2.75, 3.05) is 30.4 Å². The highest BCUT2D eigenvalue weighted by molar-refractivity contribution is 6.33. The van der Waals surface area contributed by atoms with Crippen molar-refractivity contribution >= 4 is 46.9 Å². The summed E-state index contributed by atoms with van der Waals surface area (Å²) in [5.41, 5.74) is 4.21. The number of hydrogen-bond acceptors (Lipinski definition) is 7. The van der Waals surface area contributed by atoms with E-state index in [0.717, 1.165) is 24.3 Å². The van der Waals surface area contributed by atoms with Gasteiger partial charge in [-0.15, -0.1) is 0 Å². The van der Waals surface area contributed by atoms with E-state index in [0.29, 0.717) is 46.4 Å². The third-order valence-electron chi connectivity index (χ3n) is 6.10. The van der Waals surface area contributed by atoms with Gasteiger partial charge in [0.05, 0.1) is 12.1 Å². The zero-order valence-electron chi connectivity index (χ0n) is 21.1. The van der Waals surface area contributed by atoms with E-state index in [-0.39, 0.29) is 5.78 Å². The molecule has 0 spiro atoms. The highest BCUT2D eigenvalue weighted by Crippen LogP contribution is 2.32. The molecule has 3 aromatic rings. The van der Waals surface area contributed by atoms with Crippen molar-refractivity contribution in [3.05, 3.63) is 70.5 Å². The van der Waals surface area contributed by atoms with Gasteiger partial charge in [-0.05, 0) is 55.8 Å². The summed E-state index contributed by atoms with van der Waals surface area (Å²) in [6, 6.07) is 12.7. The molecule has 7 nitrogen and oxygen atoms in total. The molecule has 36 heavy (non-hydrogen) atoms. The number of ketones is 1. The number of Topliss-reactive ketones (excluding diaryl/α,β-unsaturated/α-hetero) is 1. The highest BCUT2D eigenvalue weighted by Gasteiger charge is 2.21. The molecular formula is C28H32ClN5O2. The first kappa shape index (κ1) is 25.7. The molecule has 188 valence electrons. The minimum absolute atomic E-state index is 0.0310. The maximum atomic E-state index is 12.2. The Hall–Kier alpha value is -3.42. The molecule has 1 saturated heterocycles. The summed E-state index contributed by atoms with van der Waals surface area (Å²) in [6.45, 7) is 8.24. The van der Waals surface area contributed by atoms with E-state index in [1.807, 2.05) is 31.2 Å². The predicted molar refractivity (Wildman–Crippen MR) is 148 cm³/mol. The van der Waals surface area contributed by atoms with Crippen LogP contribution in [0.3, 0.4) is 0 Å². The number of nitrogens with one attached hydrogen (secondary N) is 2. The number of carbonyl (C=O) groups is 1. The van der Waals surface area contributed by atoms with Crippen LogP contribution in [0.4, 0.5) is 17.3 Å². The van der Waals surface area contributed by atoms with Gasteiger partial charge in [0.1, 0.15) is 5.75 Å². The molecule has 0 amide bonds. The van der Waals surface area contributed by atoms with E-state index in [1.54, 1.807) is 24.5 Å². The van der Waals surface area contributed by atoms with Crippen molar-refractivity contribution in [3.63, 3.8) is 0 Å². The number of nitrogens with zero attached hydrogens (tertiary/aromatic N) is 3. The van der Waals surface area contributed by atoms with E-state index in [2.05, 4.69) is 51.5 Å². The molecule has 2 aromatic carbocycles. The summed E-state index contributed by atoms with van der Waals surface area (Å²) in [6.07, 6.45) is 7.56. The molecule has 0 bridgehead atoms. The summed E-state index contributed by atoms with van der Waals surface area (Å²) in [5.74, 6) is 1.02. The average Bonchev–Trinajstić information content (AvgIpc) is 2.88. The fourth-order valence-electron chi connectivity index (χ4n) is 4.35. The summed E-state index contributed by atoms with van der Waals surface area (Å²) in [7, 11) is 1.54. The predicted octanol–water partition coefficient (Wildman–Crippen LogP) is 5.83. The molecule has 1 aliphatic heterocycles. The van der Waals surface area contributed by atoms with E-state index < -0.39 is 0 Å². The summed E-state index contributed by atoms with van der Waals surface area (Å²) >= 11 is 6.45. The molecule has 0 aliphatic carbocycles. The van der Waals surface area contributed by atoms with Crippen molar-refractivity contribution in [3.8, 4) is 5.75 Å². The third-order valence-corrected chi connectivity index (χ3v) is 6.51. The quantitative estimate of drug-likeness (QED) is 0.373. The van der Waals surface area contributed by atoms with E-state index in [1.165, 1.54) is 12.8 Å². The van der Waals surface area contributed by atoms with Crippen molar-refractivity contribution in [2.45, 2.75) is 39.3 Å². The number of piperazine rings is 1. The Morgan fingerprint density at radius 1 is 1.14 bits per heavy atom. The van der Waals surface area contributed by atoms with Crippen LogP contribution >= 0.6 is 11.6 Å². The number of anilines is 3. The number of rotatable bonds is 8. The normalized spacial score (nSPS) is 17.9. The Kier molecular flexibility index (Phi) is 8.23. The Morgan fingerprint density at radius 3 is 2.42 bits per heavy atom. The first-order valence-electron chi connectivity index (χ1n) is 12.1. The Bertz CT molecular complexity index is 1220. The first-order chi connectivity index (χ1) is 17.4. The lowest BCUT2D eigenvalue weighted by atomic mass is 10.0. The van der Waals surface area contributed by atoms with E-state index in [9.17, 15) is 4.79 Å². The molecule has 1 aliphatic rings.